The van der Waals surface area contributed by atoms with Gasteiger partial charge in [-0.1, -0.05) is 30.3 Å². The Morgan fingerprint density at radius 1 is 1.27 bits per heavy atom. The number of H-pyrrole nitrogens is 1. The fraction of sp³-hybridized carbons (Fsp3) is 0.412. The highest BCUT2D eigenvalue weighted by Crippen LogP contribution is 2.05. The zero-order valence-electron chi connectivity index (χ0n) is 13.6. The number of aryl methyl sites for hydroxylation is 2. The molecule has 0 saturated carbocycles. The van der Waals surface area contributed by atoms with E-state index in [1.54, 1.807) is 0 Å². The third-order valence-corrected chi connectivity index (χ3v) is 3.52. The van der Waals surface area contributed by atoms with Crippen LogP contribution in [-0.4, -0.2) is 41.7 Å². The zero-order chi connectivity index (χ0) is 15.8. The van der Waals surface area contributed by atoms with Gasteiger partial charge in [-0.05, 0) is 30.9 Å². The second-order valence-electron chi connectivity index (χ2n) is 5.57. The maximum atomic E-state index is 4.66. The smallest absolute Gasteiger partial charge is 0.193 e. The fourth-order valence-electron chi connectivity index (χ4n) is 2.21. The van der Waals surface area contributed by atoms with Crippen molar-refractivity contribution in [3.8, 4) is 0 Å². The molecule has 0 atom stereocenters. The normalized spacial score (nSPS) is 11.5. The number of rotatable bonds is 6. The van der Waals surface area contributed by atoms with Crippen molar-refractivity contribution in [2.24, 2.45) is 4.99 Å². The number of nitrogens with one attached hydrogen (secondary N) is 2. The number of nitrogens with zero attached hydrogens (tertiary/aromatic N) is 3. The Morgan fingerprint density at radius 3 is 2.68 bits per heavy atom. The van der Waals surface area contributed by atoms with Crippen molar-refractivity contribution in [2.75, 3.05) is 20.6 Å². The molecule has 1 heterocycles. The van der Waals surface area contributed by atoms with Gasteiger partial charge in [-0.3, -0.25) is 5.10 Å². The lowest BCUT2D eigenvalue weighted by Crippen LogP contribution is -2.37. The predicted molar refractivity (Wildman–Crippen MR) is 90.9 cm³/mol. The van der Waals surface area contributed by atoms with Gasteiger partial charge in [-0.15, -0.1) is 0 Å². The van der Waals surface area contributed by atoms with Crippen LogP contribution in [0.5, 0.6) is 0 Å². The lowest BCUT2D eigenvalue weighted by atomic mass is 10.1. The molecule has 5 heteroatoms. The number of aliphatic imine (C=N–C) groups is 1. The topological polar surface area (TPSA) is 56.3 Å². The molecule has 0 aliphatic carbocycles. The quantitative estimate of drug-likeness (QED) is 0.489. The van der Waals surface area contributed by atoms with Gasteiger partial charge in [0.25, 0.3) is 0 Å². The van der Waals surface area contributed by atoms with Gasteiger partial charge in [-0.2, -0.15) is 5.10 Å². The standard InChI is InChI=1S/C17H25N5/c1-14-16(13-20-21-14)10-7-11-18-17(22(2)3)19-12-15-8-5-4-6-9-15/h4-6,8-9,13H,7,10-12H2,1-3H3,(H,18,19)(H,20,21). The highest BCUT2D eigenvalue weighted by Gasteiger charge is 2.03. The molecule has 0 aliphatic rings. The van der Waals surface area contributed by atoms with E-state index in [2.05, 4.69) is 39.6 Å². The summed E-state index contributed by atoms with van der Waals surface area (Å²) < 4.78 is 0. The largest absolute Gasteiger partial charge is 0.356 e. The molecular formula is C17H25N5. The molecule has 1 aromatic heterocycles. The van der Waals surface area contributed by atoms with E-state index in [9.17, 15) is 0 Å². The number of benzene rings is 1. The molecule has 118 valence electrons. The van der Waals surface area contributed by atoms with Crippen molar-refractivity contribution in [3.63, 3.8) is 0 Å². The number of aromatic nitrogens is 2. The summed E-state index contributed by atoms with van der Waals surface area (Å²) in [5.74, 6) is 0.924. The van der Waals surface area contributed by atoms with Crippen LogP contribution < -0.4 is 5.32 Å². The predicted octanol–water partition coefficient (Wildman–Crippen LogP) is 2.36. The van der Waals surface area contributed by atoms with Gasteiger partial charge < -0.3 is 10.2 Å². The molecule has 0 spiro atoms. The minimum Gasteiger partial charge on any atom is -0.356 e. The summed E-state index contributed by atoms with van der Waals surface area (Å²) in [5.41, 5.74) is 3.66. The highest BCUT2D eigenvalue weighted by atomic mass is 15.3. The molecule has 0 fully saturated rings. The van der Waals surface area contributed by atoms with Crippen molar-refractivity contribution < 1.29 is 0 Å². The summed E-state index contributed by atoms with van der Waals surface area (Å²) in [5, 5.41) is 10.4. The molecule has 2 aromatic rings. The van der Waals surface area contributed by atoms with Gasteiger partial charge >= 0.3 is 0 Å². The van der Waals surface area contributed by atoms with E-state index in [1.807, 2.05) is 43.4 Å². The van der Waals surface area contributed by atoms with Crippen molar-refractivity contribution in [1.82, 2.24) is 20.4 Å². The molecule has 22 heavy (non-hydrogen) atoms. The number of guanidine groups is 1. The molecule has 0 unspecified atom stereocenters. The summed E-state index contributed by atoms with van der Waals surface area (Å²) in [6, 6.07) is 10.3. The number of aromatic amines is 1. The van der Waals surface area contributed by atoms with E-state index in [0.717, 1.165) is 31.0 Å². The minimum atomic E-state index is 0.697. The molecule has 0 bridgehead atoms. The highest BCUT2D eigenvalue weighted by molar-refractivity contribution is 5.79. The van der Waals surface area contributed by atoms with Crippen LogP contribution in [0.15, 0.2) is 41.5 Å². The van der Waals surface area contributed by atoms with Crippen LogP contribution in [0.4, 0.5) is 0 Å². The van der Waals surface area contributed by atoms with Crippen molar-refractivity contribution in [3.05, 3.63) is 53.3 Å². The lowest BCUT2D eigenvalue weighted by molar-refractivity contribution is 0.574. The first-order chi connectivity index (χ1) is 10.7. The number of hydrogen-bond donors (Lipinski definition) is 2. The second kappa shape index (κ2) is 8.22. The van der Waals surface area contributed by atoms with Crippen LogP contribution in [0.25, 0.3) is 0 Å². The Balaban J connectivity index is 1.80. The van der Waals surface area contributed by atoms with E-state index in [1.165, 1.54) is 11.1 Å². The molecule has 0 aliphatic heterocycles. The first-order valence-corrected chi connectivity index (χ1v) is 7.65. The molecule has 5 nitrogen and oxygen atoms in total. The average molecular weight is 299 g/mol. The summed E-state index contributed by atoms with van der Waals surface area (Å²) >= 11 is 0. The van der Waals surface area contributed by atoms with Crippen molar-refractivity contribution in [2.45, 2.75) is 26.3 Å². The van der Waals surface area contributed by atoms with E-state index in [4.69, 9.17) is 0 Å². The Hall–Kier alpha value is -2.30. The van der Waals surface area contributed by atoms with Gasteiger partial charge in [0, 0.05) is 26.3 Å². The van der Waals surface area contributed by atoms with Crippen LogP contribution in [0.3, 0.4) is 0 Å². The summed E-state index contributed by atoms with van der Waals surface area (Å²) in [6.07, 6.45) is 3.99. The van der Waals surface area contributed by atoms with Crippen LogP contribution in [0, 0.1) is 6.92 Å². The van der Waals surface area contributed by atoms with Crippen LogP contribution >= 0.6 is 0 Å². The minimum absolute atomic E-state index is 0.697. The first kappa shape index (κ1) is 16.1. The Labute approximate surface area is 132 Å². The van der Waals surface area contributed by atoms with Gasteiger partial charge in [0.1, 0.15) is 0 Å². The molecule has 1 aromatic carbocycles. The molecule has 0 saturated heterocycles. The summed E-state index contributed by atoms with van der Waals surface area (Å²) in [6.45, 7) is 3.65. The third-order valence-electron chi connectivity index (χ3n) is 3.52. The maximum absolute atomic E-state index is 4.66. The summed E-state index contributed by atoms with van der Waals surface area (Å²) in [7, 11) is 4.02. The fourth-order valence-corrected chi connectivity index (χ4v) is 2.21. The van der Waals surface area contributed by atoms with Gasteiger partial charge in [0.2, 0.25) is 0 Å². The van der Waals surface area contributed by atoms with Crippen LogP contribution in [0.2, 0.25) is 0 Å². The first-order valence-electron chi connectivity index (χ1n) is 7.65. The Morgan fingerprint density at radius 2 is 2.05 bits per heavy atom. The Bertz CT molecular complexity index is 586. The molecule has 2 rings (SSSR count). The van der Waals surface area contributed by atoms with E-state index >= 15 is 0 Å². The average Bonchev–Trinajstić information content (AvgIpc) is 2.92. The molecule has 2 N–H and O–H groups in total. The third kappa shape index (κ3) is 4.91. The maximum Gasteiger partial charge on any atom is 0.193 e. The monoisotopic (exact) mass is 299 g/mol. The molecule has 0 amide bonds. The van der Waals surface area contributed by atoms with Crippen molar-refractivity contribution in [1.29, 1.82) is 0 Å². The zero-order valence-corrected chi connectivity index (χ0v) is 13.6. The number of hydrogen-bond acceptors (Lipinski definition) is 2. The van der Waals surface area contributed by atoms with Crippen molar-refractivity contribution >= 4 is 5.96 Å². The molecular weight excluding hydrogens is 274 g/mol. The molecule has 0 radical (unpaired) electrons. The van der Waals surface area contributed by atoms with Crippen LogP contribution in [-0.2, 0) is 13.0 Å². The van der Waals surface area contributed by atoms with E-state index in [0.29, 0.717) is 6.54 Å². The van der Waals surface area contributed by atoms with Gasteiger partial charge in [0.15, 0.2) is 5.96 Å². The SMILES string of the molecule is Cc1[nH]ncc1CCCNC(=NCc1ccccc1)N(C)C. The van der Waals surface area contributed by atoms with Crippen LogP contribution in [0.1, 0.15) is 23.2 Å². The van der Waals surface area contributed by atoms with E-state index in [-0.39, 0.29) is 0 Å². The second-order valence-corrected chi connectivity index (χ2v) is 5.57. The van der Waals surface area contributed by atoms with Gasteiger partial charge in [-0.25, -0.2) is 4.99 Å². The Kier molecular flexibility index (Phi) is 6.01. The van der Waals surface area contributed by atoms with Gasteiger partial charge in [0.05, 0.1) is 12.7 Å². The van der Waals surface area contributed by atoms with E-state index < -0.39 is 0 Å². The lowest BCUT2D eigenvalue weighted by Gasteiger charge is -2.17. The summed E-state index contributed by atoms with van der Waals surface area (Å²) in [4.78, 5) is 6.68.